The van der Waals surface area contributed by atoms with Crippen molar-refractivity contribution in [1.82, 2.24) is 14.2 Å². The number of aliphatic hydroxyl groups is 1. The van der Waals surface area contributed by atoms with Gasteiger partial charge in [-0.2, -0.15) is 0 Å². The highest BCUT2D eigenvalue weighted by Crippen LogP contribution is 2.34. The van der Waals surface area contributed by atoms with Gasteiger partial charge in [-0.3, -0.25) is 4.90 Å². The van der Waals surface area contributed by atoms with E-state index in [0.717, 1.165) is 74.9 Å². The molecule has 1 N–H and O–H groups in total. The number of aromatic nitrogens is 1. The number of hydrogen-bond acceptors (Lipinski definition) is 7. The van der Waals surface area contributed by atoms with Gasteiger partial charge in [0.2, 0.25) is 0 Å². The Balaban J connectivity index is 1.13. The van der Waals surface area contributed by atoms with Crippen molar-refractivity contribution < 1.29 is 9.84 Å². The Morgan fingerprint density at radius 2 is 1.92 bits per heavy atom. The molecule has 0 spiro atoms. The number of likely N-dealkylation sites (tertiary alicyclic amines) is 1. The molecule has 5 nitrogen and oxygen atoms in total. The molecule has 7 heteroatoms. The normalized spacial score (nSPS) is 18.5. The number of rotatable bonds is 9. The predicted molar refractivity (Wildman–Crippen MR) is 153 cm³/mol. The van der Waals surface area contributed by atoms with E-state index < -0.39 is 5.60 Å². The molecule has 3 heterocycles. The number of ether oxygens (including phenoxy) is 1. The molecule has 1 fully saturated rings. The Bertz CT molecular complexity index is 1160. The fraction of sp³-hybridized carbons (Fsp3) is 0.483. The summed E-state index contributed by atoms with van der Waals surface area (Å²) in [5.74, 6) is 0.953. The Morgan fingerprint density at radius 1 is 1.11 bits per heavy atom. The van der Waals surface area contributed by atoms with Crippen LogP contribution in [0.3, 0.4) is 0 Å². The van der Waals surface area contributed by atoms with Gasteiger partial charge in [0.15, 0.2) is 0 Å². The fourth-order valence-electron chi connectivity index (χ4n) is 4.78. The van der Waals surface area contributed by atoms with Crippen molar-refractivity contribution in [1.29, 1.82) is 0 Å². The van der Waals surface area contributed by atoms with E-state index in [1.54, 1.807) is 11.3 Å². The van der Waals surface area contributed by atoms with Crippen molar-refractivity contribution in [3.63, 3.8) is 0 Å². The Hall–Kier alpha value is -1.90. The van der Waals surface area contributed by atoms with Crippen LogP contribution in [0.1, 0.15) is 50.7 Å². The van der Waals surface area contributed by atoms with Gasteiger partial charge in [-0.25, -0.2) is 9.29 Å². The minimum absolute atomic E-state index is 0.248. The van der Waals surface area contributed by atoms with Crippen LogP contribution in [0.2, 0.25) is 0 Å². The van der Waals surface area contributed by atoms with Gasteiger partial charge >= 0.3 is 0 Å². The molecule has 0 amide bonds. The molecule has 1 saturated heterocycles. The third-order valence-electron chi connectivity index (χ3n) is 6.95. The van der Waals surface area contributed by atoms with E-state index in [1.807, 2.05) is 25.8 Å². The topological polar surface area (TPSA) is 48.8 Å². The number of benzene rings is 2. The third-order valence-corrected chi connectivity index (χ3v) is 8.94. The third kappa shape index (κ3) is 7.11. The van der Waals surface area contributed by atoms with Crippen LogP contribution < -0.4 is 4.74 Å². The molecule has 0 saturated carbocycles. The maximum Gasteiger partial charge on any atom is 0.274 e. The van der Waals surface area contributed by atoms with Crippen LogP contribution in [0.25, 0.3) is 15.8 Å². The second kappa shape index (κ2) is 11.7. The van der Waals surface area contributed by atoms with Crippen LogP contribution in [-0.4, -0.2) is 62.9 Å². The highest BCUT2D eigenvalue weighted by atomic mass is 32.2. The summed E-state index contributed by atoms with van der Waals surface area (Å²) in [6.45, 7) is 8.90. The number of fused-ring (bicyclic) bond motifs is 1. The lowest BCUT2D eigenvalue weighted by Gasteiger charge is -2.31. The summed E-state index contributed by atoms with van der Waals surface area (Å²) in [4.78, 5) is 7.30. The van der Waals surface area contributed by atoms with E-state index in [0.29, 0.717) is 0 Å². The van der Waals surface area contributed by atoms with Gasteiger partial charge in [-0.15, -0.1) is 0 Å². The van der Waals surface area contributed by atoms with E-state index in [9.17, 15) is 5.11 Å². The molecule has 36 heavy (non-hydrogen) atoms. The zero-order chi connectivity index (χ0) is 25.0. The van der Waals surface area contributed by atoms with Crippen LogP contribution in [-0.2, 0) is 6.54 Å². The molecule has 192 valence electrons. The summed E-state index contributed by atoms with van der Waals surface area (Å²) < 4.78 is 9.94. The van der Waals surface area contributed by atoms with Gasteiger partial charge < -0.3 is 9.84 Å². The molecular formula is C29H37N3O2S2. The summed E-state index contributed by atoms with van der Waals surface area (Å²) >= 11 is 3.52. The van der Waals surface area contributed by atoms with Crippen LogP contribution in [0.5, 0.6) is 5.19 Å². The average molecular weight is 524 g/mol. The summed E-state index contributed by atoms with van der Waals surface area (Å²) in [5.41, 5.74) is 4.53. The molecule has 3 aromatic rings. The minimum atomic E-state index is -0.587. The molecule has 0 unspecified atom stereocenters. The van der Waals surface area contributed by atoms with Gasteiger partial charge in [0.25, 0.3) is 5.19 Å². The van der Waals surface area contributed by atoms with Gasteiger partial charge in [-0.05, 0) is 68.4 Å². The maximum atomic E-state index is 9.92. The quantitative estimate of drug-likeness (QED) is 0.335. The Morgan fingerprint density at radius 3 is 2.64 bits per heavy atom. The maximum absolute atomic E-state index is 9.92. The highest BCUT2D eigenvalue weighted by Gasteiger charge is 2.22. The van der Waals surface area contributed by atoms with E-state index >= 15 is 0 Å². The van der Waals surface area contributed by atoms with Crippen LogP contribution in [0.4, 0.5) is 0 Å². The first kappa shape index (κ1) is 25.7. The highest BCUT2D eigenvalue weighted by molar-refractivity contribution is 7.97. The number of hydrogen-bond donors (Lipinski definition) is 1. The van der Waals surface area contributed by atoms with Crippen molar-refractivity contribution >= 4 is 39.1 Å². The first-order valence-electron chi connectivity index (χ1n) is 13.0. The molecule has 0 aliphatic carbocycles. The SMILES string of the molecule is CC(C)(O)CCSN1CC=C(c2ccc3nc(OC4CCN(Cc5ccccc5)CC4)sc3c2)CC1. The standard InChI is InChI=1S/C29H37N3O2S2/c1-29(2,33)14-19-35-32-17-10-23(11-18-32)24-8-9-26-27(20-24)36-28(30-26)34-25-12-15-31(16-13-25)21-22-6-4-3-5-7-22/h3-10,20,25,33H,11-19,21H2,1-2H3. The van der Waals surface area contributed by atoms with Crippen molar-refractivity contribution in [3.05, 3.63) is 65.7 Å². The van der Waals surface area contributed by atoms with E-state index in [-0.39, 0.29) is 6.10 Å². The summed E-state index contributed by atoms with van der Waals surface area (Å²) in [5, 5.41) is 10.7. The molecule has 0 atom stereocenters. The lowest BCUT2D eigenvalue weighted by molar-refractivity contribution is 0.0776. The number of thiazole rings is 1. The van der Waals surface area contributed by atoms with Crippen LogP contribution >= 0.6 is 23.3 Å². The lowest BCUT2D eigenvalue weighted by atomic mass is 10.0. The Kier molecular flexibility index (Phi) is 8.33. The summed E-state index contributed by atoms with van der Waals surface area (Å²) in [6, 6.07) is 17.3. The van der Waals surface area contributed by atoms with E-state index in [1.165, 1.54) is 21.4 Å². The largest absolute Gasteiger partial charge is 0.467 e. The number of nitrogens with zero attached hydrogens (tertiary/aromatic N) is 3. The Labute approximate surface area is 223 Å². The zero-order valence-electron chi connectivity index (χ0n) is 21.4. The first-order chi connectivity index (χ1) is 17.4. The molecule has 1 aromatic heterocycles. The van der Waals surface area contributed by atoms with Crippen molar-refractivity contribution in [2.75, 3.05) is 31.9 Å². The molecule has 0 radical (unpaired) electrons. The minimum Gasteiger partial charge on any atom is -0.467 e. The molecule has 5 rings (SSSR count). The van der Waals surface area contributed by atoms with Crippen molar-refractivity contribution in [2.24, 2.45) is 0 Å². The zero-order valence-corrected chi connectivity index (χ0v) is 23.0. The van der Waals surface area contributed by atoms with Gasteiger partial charge in [0.1, 0.15) is 6.10 Å². The molecule has 2 aliphatic rings. The van der Waals surface area contributed by atoms with Gasteiger partial charge in [-0.1, -0.05) is 65.8 Å². The van der Waals surface area contributed by atoms with Crippen LogP contribution in [0.15, 0.2) is 54.6 Å². The van der Waals surface area contributed by atoms with Gasteiger partial charge in [0, 0.05) is 38.5 Å². The predicted octanol–water partition coefficient (Wildman–Crippen LogP) is 6.24. The second-order valence-corrected chi connectivity index (χ2v) is 12.7. The van der Waals surface area contributed by atoms with Crippen LogP contribution in [0, 0.1) is 0 Å². The average Bonchev–Trinajstić information content (AvgIpc) is 3.27. The van der Waals surface area contributed by atoms with E-state index in [4.69, 9.17) is 9.72 Å². The van der Waals surface area contributed by atoms with E-state index in [2.05, 4.69) is 63.8 Å². The molecule has 0 bridgehead atoms. The van der Waals surface area contributed by atoms with Crippen molar-refractivity contribution in [2.45, 2.75) is 57.8 Å². The molecule has 2 aromatic carbocycles. The summed E-state index contributed by atoms with van der Waals surface area (Å²) in [6.07, 6.45) is 6.55. The lowest BCUT2D eigenvalue weighted by Crippen LogP contribution is -2.37. The second-order valence-electron chi connectivity index (χ2n) is 10.5. The van der Waals surface area contributed by atoms with Crippen molar-refractivity contribution in [3.8, 4) is 5.19 Å². The van der Waals surface area contributed by atoms with Gasteiger partial charge in [0.05, 0.1) is 15.8 Å². The number of piperidine rings is 1. The summed E-state index contributed by atoms with van der Waals surface area (Å²) in [7, 11) is 0. The smallest absolute Gasteiger partial charge is 0.274 e. The first-order valence-corrected chi connectivity index (χ1v) is 14.8. The fourth-order valence-corrected chi connectivity index (χ4v) is 6.95. The monoisotopic (exact) mass is 523 g/mol. The molecular weight excluding hydrogens is 486 g/mol. The molecule has 2 aliphatic heterocycles.